The summed E-state index contributed by atoms with van der Waals surface area (Å²) in [5, 5.41) is 3.72. The third-order valence-corrected chi connectivity index (χ3v) is 8.89. The van der Waals surface area contributed by atoms with Gasteiger partial charge in [-0.15, -0.1) is 0 Å². The highest BCUT2D eigenvalue weighted by atomic mass is 35.5. The predicted octanol–water partition coefficient (Wildman–Crippen LogP) is 6.17. The maximum atomic E-state index is 14.1. The molecule has 0 unspecified atom stereocenters. The fourth-order valence-electron chi connectivity index (χ4n) is 4.29. The first-order chi connectivity index (χ1) is 20.0. The molecule has 0 fully saturated rings. The van der Waals surface area contributed by atoms with Crippen LogP contribution >= 0.6 is 23.2 Å². The van der Waals surface area contributed by atoms with Crippen LogP contribution in [-0.2, 0) is 26.2 Å². The largest absolute Gasteiger partial charge is 0.494 e. The molecule has 8 nitrogen and oxygen atoms in total. The Hall–Kier alpha value is -3.27. The summed E-state index contributed by atoms with van der Waals surface area (Å²) in [5.74, 6) is -0.115. The Morgan fingerprint density at radius 3 is 2.14 bits per heavy atom. The first-order valence-corrected chi connectivity index (χ1v) is 16.0. The number of nitrogens with one attached hydrogen (secondary N) is 1. The van der Waals surface area contributed by atoms with E-state index in [1.807, 2.05) is 20.8 Å². The Kier molecular flexibility index (Phi) is 12.1. The number of carbonyl (C=O) groups excluding carboxylic acids is 2. The normalized spacial score (nSPS) is 12.1. The minimum atomic E-state index is -4.22. The lowest BCUT2D eigenvalue weighted by Gasteiger charge is -2.33. The van der Waals surface area contributed by atoms with Crippen molar-refractivity contribution in [2.45, 2.75) is 51.6 Å². The second-order valence-electron chi connectivity index (χ2n) is 10.1. The van der Waals surface area contributed by atoms with Crippen molar-refractivity contribution in [3.05, 3.63) is 88.4 Å². The maximum absolute atomic E-state index is 14.1. The minimum Gasteiger partial charge on any atom is -0.494 e. The van der Waals surface area contributed by atoms with Gasteiger partial charge in [0, 0.05) is 23.1 Å². The molecule has 0 saturated heterocycles. The van der Waals surface area contributed by atoms with Gasteiger partial charge in [0.05, 0.1) is 17.2 Å². The van der Waals surface area contributed by atoms with Crippen molar-refractivity contribution in [3.8, 4) is 5.75 Å². The van der Waals surface area contributed by atoms with Crippen molar-refractivity contribution >= 4 is 50.7 Å². The quantitative estimate of drug-likeness (QED) is 0.229. The van der Waals surface area contributed by atoms with Gasteiger partial charge in [-0.2, -0.15) is 0 Å². The number of amides is 2. The number of rotatable bonds is 14. The zero-order chi connectivity index (χ0) is 30.9. The van der Waals surface area contributed by atoms with Crippen LogP contribution in [-0.4, -0.2) is 50.9 Å². The smallest absolute Gasteiger partial charge is 0.264 e. The van der Waals surface area contributed by atoms with Gasteiger partial charge in [-0.1, -0.05) is 62.2 Å². The fourth-order valence-corrected chi connectivity index (χ4v) is 6.03. The fraction of sp³-hybridized carbons (Fsp3) is 0.355. The first kappa shape index (κ1) is 33.2. The van der Waals surface area contributed by atoms with E-state index < -0.39 is 28.5 Å². The van der Waals surface area contributed by atoms with Gasteiger partial charge in [0.2, 0.25) is 11.8 Å². The van der Waals surface area contributed by atoms with E-state index in [4.69, 9.17) is 27.9 Å². The van der Waals surface area contributed by atoms with Crippen molar-refractivity contribution in [1.29, 1.82) is 0 Å². The Labute approximate surface area is 258 Å². The summed E-state index contributed by atoms with van der Waals surface area (Å²) in [6.07, 6.45) is 0.313. The molecule has 0 bridgehead atoms. The molecular weight excluding hydrogens is 597 g/mol. The topological polar surface area (TPSA) is 96.0 Å². The number of anilines is 1. The van der Waals surface area contributed by atoms with Crippen molar-refractivity contribution in [2.24, 2.45) is 5.92 Å². The van der Waals surface area contributed by atoms with Gasteiger partial charge in [-0.05, 0) is 79.4 Å². The molecule has 0 aliphatic rings. The van der Waals surface area contributed by atoms with Gasteiger partial charge in [0.15, 0.2) is 0 Å². The highest BCUT2D eigenvalue weighted by Gasteiger charge is 2.34. The van der Waals surface area contributed by atoms with Gasteiger partial charge >= 0.3 is 0 Å². The van der Waals surface area contributed by atoms with E-state index in [0.29, 0.717) is 40.9 Å². The molecule has 3 aromatic rings. The lowest BCUT2D eigenvalue weighted by molar-refractivity contribution is -0.140. The first-order valence-electron chi connectivity index (χ1n) is 13.8. The maximum Gasteiger partial charge on any atom is 0.264 e. The lowest BCUT2D eigenvalue weighted by Crippen LogP contribution is -2.52. The van der Waals surface area contributed by atoms with E-state index in [9.17, 15) is 18.0 Å². The Bertz CT molecular complexity index is 1450. The number of hydrogen-bond acceptors (Lipinski definition) is 5. The molecule has 0 saturated carbocycles. The average Bonchev–Trinajstić information content (AvgIpc) is 2.96. The Morgan fingerprint density at radius 1 is 0.929 bits per heavy atom. The second kappa shape index (κ2) is 15.3. The van der Waals surface area contributed by atoms with Gasteiger partial charge in [-0.25, -0.2) is 8.42 Å². The minimum absolute atomic E-state index is 0.0181. The second-order valence-corrected chi connectivity index (χ2v) is 12.8. The zero-order valence-electron chi connectivity index (χ0n) is 24.2. The van der Waals surface area contributed by atoms with E-state index in [1.54, 1.807) is 55.5 Å². The Balaban J connectivity index is 2.06. The lowest BCUT2D eigenvalue weighted by atomic mass is 10.1. The van der Waals surface area contributed by atoms with Crippen LogP contribution in [0.5, 0.6) is 5.75 Å². The molecule has 3 aromatic carbocycles. The van der Waals surface area contributed by atoms with Gasteiger partial charge < -0.3 is 15.0 Å². The summed E-state index contributed by atoms with van der Waals surface area (Å²) in [6, 6.07) is 18.4. The van der Waals surface area contributed by atoms with Crippen molar-refractivity contribution in [1.82, 2.24) is 10.2 Å². The number of carbonyl (C=O) groups is 2. The van der Waals surface area contributed by atoms with Crippen molar-refractivity contribution in [3.63, 3.8) is 0 Å². The molecule has 226 valence electrons. The summed E-state index contributed by atoms with van der Waals surface area (Å²) in [4.78, 5) is 28.8. The average molecular weight is 635 g/mol. The molecule has 3 rings (SSSR count). The standard InChI is InChI=1S/C31H37Cl2N3O5S/c1-5-29(31(38)34-19-22(3)4)35(20-23-9-7-8-10-28(23)33)30(37)21-36(25-13-15-26(16-14-25)41-6-2)42(39,40)27-17-11-24(32)12-18-27/h7-18,22,29H,5-6,19-21H2,1-4H3,(H,34,38)/t29-/m1/s1. The molecule has 0 spiro atoms. The molecular formula is C31H37Cl2N3O5S. The molecule has 11 heteroatoms. The van der Waals surface area contributed by atoms with Gasteiger partial charge in [-0.3, -0.25) is 13.9 Å². The van der Waals surface area contributed by atoms with E-state index in [-0.39, 0.29) is 29.0 Å². The van der Waals surface area contributed by atoms with Crippen molar-refractivity contribution < 1.29 is 22.7 Å². The van der Waals surface area contributed by atoms with Crippen LogP contribution in [0.25, 0.3) is 0 Å². The van der Waals surface area contributed by atoms with Crippen molar-refractivity contribution in [2.75, 3.05) is 24.0 Å². The van der Waals surface area contributed by atoms with Crippen LogP contribution < -0.4 is 14.4 Å². The van der Waals surface area contributed by atoms with Crippen LogP contribution in [0.1, 0.15) is 39.7 Å². The summed E-state index contributed by atoms with van der Waals surface area (Å²) in [5.41, 5.74) is 0.896. The molecule has 42 heavy (non-hydrogen) atoms. The number of sulfonamides is 1. The van der Waals surface area contributed by atoms with Crippen LogP contribution in [0.3, 0.4) is 0 Å². The van der Waals surface area contributed by atoms with E-state index in [1.165, 1.54) is 29.2 Å². The summed E-state index contributed by atoms with van der Waals surface area (Å²) >= 11 is 12.5. The molecule has 1 atom stereocenters. The third kappa shape index (κ3) is 8.63. The van der Waals surface area contributed by atoms with Crippen LogP contribution in [0.15, 0.2) is 77.7 Å². The number of hydrogen-bond donors (Lipinski definition) is 1. The highest BCUT2D eigenvalue weighted by molar-refractivity contribution is 7.92. The van der Waals surface area contributed by atoms with E-state index in [0.717, 1.165) is 4.31 Å². The highest BCUT2D eigenvalue weighted by Crippen LogP contribution is 2.28. The monoisotopic (exact) mass is 633 g/mol. The summed E-state index contributed by atoms with van der Waals surface area (Å²) in [7, 11) is -4.22. The van der Waals surface area contributed by atoms with E-state index in [2.05, 4.69) is 5.32 Å². The molecule has 0 radical (unpaired) electrons. The molecule has 0 aliphatic heterocycles. The van der Waals surface area contributed by atoms with Gasteiger partial charge in [0.1, 0.15) is 18.3 Å². The molecule has 0 heterocycles. The van der Waals surface area contributed by atoms with Gasteiger partial charge in [0.25, 0.3) is 10.0 Å². The summed E-state index contributed by atoms with van der Waals surface area (Å²) < 4.78 is 34.5. The number of benzene rings is 3. The number of halogens is 2. The zero-order valence-corrected chi connectivity index (χ0v) is 26.5. The van der Waals surface area contributed by atoms with Crippen LogP contribution in [0.2, 0.25) is 10.0 Å². The Morgan fingerprint density at radius 2 is 1.57 bits per heavy atom. The molecule has 0 aliphatic carbocycles. The van der Waals surface area contributed by atoms with E-state index >= 15 is 0 Å². The van der Waals surface area contributed by atoms with Crippen LogP contribution in [0.4, 0.5) is 5.69 Å². The molecule has 1 N–H and O–H groups in total. The third-order valence-electron chi connectivity index (χ3n) is 6.49. The molecule has 0 aromatic heterocycles. The van der Waals surface area contributed by atoms with Crippen LogP contribution in [0, 0.1) is 5.92 Å². The predicted molar refractivity (Wildman–Crippen MR) is 168 cm³/mol. The SMILES string of the molecule is CCOc1ccc(N(CC(=O)N(Cc2ccccc2Cl)[C@H](CC)C(=O)NCC(C)C)S(=O)(=O)c2ccc(Cl)cc2)cc1. The molecule has 2 amide bonds. The summed E-state index contributed by atoms with van der Waals surface area (Å²) in [6.45, 7) is 7.95. The number of nitrogens with zero attached hydrogens (tertiary/aromatic N) is 2. The number of ether oxygens (including phenoxy) is 1.